The lowest BCUT2D eigenvalue weighted by atomic mass is 10.0. The largest absolute Gasteiger partial charge is 0.307 e. The summed E-state index contributed by atoms with van der Waals surface area (Å²) in [6.45, 7) is 5.95. The van der Waals surface area contributed by atoms with Gasteiger partial charge < -0.3 is 10.2 Å². The Morgan fingerprint density at radius 3 is 2.89 bits per heavy atom. The standard InChI is InChI=1S/C14H21ClN2S/c1-2-17-7-5-10(6-8-17)16-12-3-4-13-11(12)9-14(15)18-13/h9-10,12,16H,2-8H2,1H3. The van der Waals surface area contributed by atoms with Crippen molar-refractivity contribution in [1.29, 1.82) is 0 Å². The smallest absolute Gasteiger partial charge is 0.0934 e. The van der Waals surface area contributed by atoms with E-state index >= 15 is 0 Å². The van der Waals surface area contributed by atoms with Gasteiger partial charge in [-0.2, -0.15) is 0 Å². The summed E-state index contributed by atoms with van der Waals surface area (Å²) >= 11 is 7.87. The molecule has 1 N–H and O–H groups in total. The third-order valence-corrected chi connectivity index (χ3v) is 5.66. The average Bonchev–Trinajstić information content (AvgIpc) is 2.91. The summed E-state index contributed by atoms with van der Waals surface area (Å²) in [5, 5.41) is 3.85. The van der Waals surface area contributed by atoms with Crippen LogP contribution >= 0.6 is 22.9 Å². The second kappa shape index (κ2) is 5.49. The topological polar surface area (TPSA) is 15.3 Å². The van der Waals surface area contributed by atoms with Crippen molar-refractivity contribution in [3.8, 4) is 0 Å². The molecule has 2 nitrogen and oxygen atoms in total. The van der Waals surface area contributed by atoms with Gasteiger partial charge in [0.1, 0.15) is 0 Å². The molecule has 0 amide bonds. The molecule has 2 heterocycles. The number of nitrogens with zero attached hydrogens (tertiary/aromatic N) is 1. The Morgan fingerprint density at radius 2 is 2.17 bits per heavy atom. The zero-order valence-electron chi connectivity index (χ0n) is 10.9. The Balaban J connectivity index is 1.58. The molecule has 1 unspecified atom stereocenters. The highest BCUT2D eigenvalue weighted by atomic mass is 35.5. The summed E-state index contributed by atoms with van der Waals surface area (Å²) in [5.41, 5.74) is 1.47. The minimum absolute atomic E-state index is 0.557. The number of hydrogen-bond donors (Lipinski definition) is 1. The highest BCUT2D eigenvalue weighted by molar-refractivity contribution is 7.16. The van der Waals surface area contributed by atoms with Crippen LogP contribution in [0.2, 0.25) is 4.34 Å². The number of hydrogen-bond acceptors (Lipinski definition) is 3. The van der Waals surface area contributed by atoms with Gasteiger partial charge >= 0.3 is 0 Å². The van der Waals surface area contributed by atoms with Gasteiger partial charge in [0.2, 0.25) is 0 Å². The van der Waals surface area contributed by atoms with Gasteiger partial charge in [-0.25, -0.2) is 0 Å². The second-order valence-electron chi connectivity index (χ2n) is 5.40. The summed E-state index contributed by atoms with van der Waals surface area (Å²) in [5.74, 6) is 0. The maximum atomic E-state index is 6.11. The fraction of sp³-hybridized carbons (Fsp3) is 0.714. The number of rotatable bonds is 3. The quantitative estimate of drug-likeness (QED) is 0.914. The van der Waals surface area contributed by atoms with Crippen molar-refractivity contribution in [2.75, 3.05) is 19.6 Å². The van der Waals surface area contributed by atoms with Crippen LogP contribution in [0.3, 0.4) is 0 Å². The molecular weight excluding hydrogens is 264 g/mol. The maximum absolute atomic E-state index is 6.11. The van der Waals surface area contributed by atoms with Crippen molar-refractivity contribution in [2.24, 2.45) is 0 Å². The molecule has 18 heavy (non-hydrogen) atoms. The third-order valence-electron chi connectivity index (χ3n) is 4.32. The molecule has 1 fully saturated rings. The van der Waals surface area contributed by atoms with Crippen LogP contribution in [0.15, 0.2) is 6.07 Å². The van der Waals surface area contributed by atoms with Gasteiger partial charge in [0.25, 0.3) is 0 Å². The zero-order valence-corrected chi connectivity index (χ0v) is 12.5. The van der Waals surface area contributed by atoms with Gasteiger partial charge in [-0.05, 0) is 56.9 Å². The van der Waals surface area contributed by atoms with E-state index in [-0.39, 0.29) is 0 Å². The van der Waals surface area contributed by atoms with Crippen molar-refractivity contribution in [3.05, 3.63) is 20.8 Å². The second-order valence-corrected chi connectivity index (χ2v) is 7.16. The monoisotopic (exact) mass is 284 g/mol. The van der Waals surface area contributed by atoms with E-state index in [1.54, 1.807) is 11.3 Å². The normalized spacial score (nSPS) is 25.6. The lowest BCUT2D eigenvalue weighted by Gasteiger charge is -2.33. The van der Waals surface area contributed by atoms with E-state index < -0.39 is 0 Å². The highest BCUT2D eigenvalue weighted by Gasteiger charge is 2.28. The maximum Gasteiger partial charge on any atom is 0.0934 e. The summed E-state index contributed by atoms with van der Waals surface area (Å²) in [4.78, 5) is 4.04. The van der Waals surface area contributed by atoms with Gasteiger partial charge in [-0.1, -0.05) is 18.5 Å². The van der Waals surface area contributed by atoms with Crippen molar-refractivity contribution in [2.45, 2.75) is 44.7 Å². The van der Waals surface area contributed by atoms with Gasteiger partial charge in [-0.15, -0.1) is 11.3 Å². The molecule has 1 aliphatic carbocycles. The number of likely N-dealkylation sites (tertiary alicyclic amines) is 1. The van der Waals surface area contributed by atoms with Crippen molar-refractivity contribution in [3.63, 3.8) is 0 Å². The third kappa shape index (κ3) is 2.60. The molecule has 4 heteroatoms. The Bertz CT molecular complexity index is 410. The predicted octanol–water partition coefficient (Wildman–Crippen LogP) is 3.46. The molecule has 1 aromatic heterocycles. The molecule has 100 valence electrons. The summed E-state index contributed by atoms with van der Waals surface area (Å²) in [7, 11) is 0. The SMILES string of the molecule is CCN1CCC(NC2CCc3sc(Cl)cc32)CC1. The average molecular weight is 285 g/mol. The number of aryl methyl sites for hydroxylation is 1. The van der Waals surface area contributed by atoms with E-state index in [2.05, 4.69) is 23.2 Å². The first-order chi connectivity index (χ1) is 8.76. The van der Waals surface area contributed by atoms with Gasteiger partial charge in [0.15, 0.2) is 0 Å². The number of piperidine rings is 1. The highest BCUT2D eigenvalue weighted by Crippen LogP contribution is 2.39. The minimum Gasteiger partial charge on any atom is -0.307 e. The molecule has 1 aliphatic heterocycles. The number of halogens is 1. The first-order valence-electron chi connectivity index (χ1n) is 7.02. The van der Waals surface area contributed by atoms with Crippen LogP contribution < -0.4 is 5.32 Å². The Hall–Kier alpha value is -0.0900. The summed E-state index contributed by atoms with van der Waals surface area (Å²) < 4.78 is 0.951. The van der Waals surface area contributed by atoms with E-state index in [1.165, 1.54) is 55.8 Å². The van der Waals surface area contributed by atoms with Gasteiger partial charge in [0, 0.05) is 17.0 Å². The first-order valence-corrected chi connectivity index (χ1v) is 8.22. The van der Waals surface area contributed by atoms with E-state index in [9.17, 15) is 0 Å². The predicted molar refractivity (Wildman–Crippen MR) is 78.7 cm³/mol. The molecular formula is C14H21ClN2S. The summed E-state index contributed by atoms with van der Waals surface area (Å²) in [6.07, 6.45) is 5.04. The number of thiophene rings is 1. The van der Waals surface area contributed by atoms with Crippen LogP contribution in [0.1, 0.15) is 42.7 Å². The van der Waals surface area contributed by atoms with E-state index in [4.69, 9.17) is 11.6 Å². The van der Waals surface area contributed by atoms with Gasteiger partial charge in [-0.3, -0.25) is 0 Å². The van der Waals surface area contributed by atoms with E-state index in [0.29, 0.717) is 12.1 Å². The van der Waals surface area contributed by atoms with Crippen molar-refractivity contribution >= 4 is 22.9 Å². The van der Waals surface area contributed by atoms with Crippen LogP contribution in [-0.2, 0) is 6.42 Å². The molecule has 3 rings (SSSR count). The first kappa shape index (κ1) is 12.9. The summed E-state index contributed by atoms with van der Waals surface area (Å²) in [6, 6.07) is 3.43. The van der Waals surface area contributed by atoms with Crippen LogP contribution in [0, 0.1) is 0 Å². The van der Waals surface area contributed by atoms with Crippen LogP contribution in [0.25, 0.3) is 0 Å². The van der Waals surface area contributed by atoms with Crippen molar-refractivity contribution in [1.82, 2.24) is 10.2 Å². The number of nitrogens with one attached hydrogen (secondary N) is 1. The van der Waals surface area contributed by atoms with E-state index in [1.807, 2.05) is 0 Å². The van der Waals surface area contributed by atoms with Crippen LogP contribution in [0.5, 0.6) is 0 Å². The Kier molecular flexibility index (Phi) is 3.94. The fourth-order valence-electron chi connectivity index (χ4n) is 3.20. The van der Waals surface area contributed by atoms with Crippen LogP contribution in [0.4, 0.5) is 0 Å². The zero-order chi connectivity index (χ0) is 12.5. The molecule has 0 aromatic carbocycles. The molecule has 2 aliphatic rings. The lowest BCUT2D eigenvalue weighted by Crippen LogP contribution is -2.43. The van der Waals surface area contributed by atoms with Crippen molar-refractivity contribution < 1.29 is 0 Å². The molecule has 0 spiro atoms. The Morgan fingerprint density at radius 1 is 1.39 bits per heavy atom. The molecule has 0 saturated carbocycles. The van der Waals surface area contributed by atoms with E-state index in [0.717, 1.165) is 4.34 Å². The lowest BCUT2D eigenvalue weighted by molar-refractivity contribution is 0.198. The van der Waals surface area contributed by atoms with Gasteiger partial charge in [0.05, 0.1) is 4.34 Å². The fourth-order valence-corrected chi connectivity index (χ4v) is 4.56. The Labute approximate surface area is 118 Å². The minimum atomic E-state index is 0.557. The molecule has 1 saturated heterocycles. The van der Waals surface area contributed by atoms with Crippen LogP contribution in [-0.4, -0.2) is 30.6 Å². The molecule has 1 aromatic rings. The molecule has 1 atom stereocenters. The molecule has 0 radical (unpaired) electrons. The molecule has 0 bridgehead atoms. The number of fused-ring (bicyclic) bond motifs is 1.